The summed E-state index contributed by atoms with van der Waals surface area (Å²) in [7, 11) is -2.85. The van der Waals surface area contributed by atoms with E-state index in [1.807, 2.05) is 12.1 Å². The van der Waals surface area contributed by atoms with E-state index in [-0.39, 0.29) is 11.8 Å². The zero-order chi connectivity index (χ0) is 13.9. The maximum absolute atomic E-state index is 11.5. The highest BCUT2D eigenvalue weighted by molar-refractivity contribution is 7.91. The van der Waals surface area contributed by atoms with Crippen molar-refractivity contribution in [3.05, 3.63) is 33.8 Å². The first-order valence-electron chi connectivity index (χ1n) is 6.34. The normalized spacial score (nSPS) is 22.3. The SMILES string of the molecule is O=S1(=O)CCCC(NCCc2ccc(Cl)cc2Cl)C1. The van der Waals surface area contributed by atoms with Crippen LogP contribution in [0.2, 0.25) is 10.0 Å². The minimum atomic E-state index is -2.85. The Balaban J connectivity index is 1.83. The molecule has 19 heavy (non-hydrogen) atoms. The van der Waals surface area contributed by atoms with Gasteiger partial charge in [-0.1, -0.05) is 29.3 Å². The Morgan fingerprint density at radius 1 is 1.32 bits per heavy atom. The molecule has 3 nitrogen and oxygen atoms in total. The predicted molar refractivity (Wildman–Crippen MR) is 79.8 cm³/mol. The molecule has 0 radical (unpaired) electrons. The van der Waals surface area contributed by atoms with Crippen LogP contribution in [-0.4, -0.2) is 32.5 Å². The zero-order valence-corrected chi connectivity index (χ0v) is 12.9. The molecular weight excluding hydrogens is 305 g/mol. The predicted octanol–water partition coefficient (Wildman–Crippen LogP) is 2.70. The molecule has 0 spiro atoms. The van der Waals surface area contributed by atoms with Crippen LogP contribution in [-0.2, 0) is 16.3 Å². The fraction of sp³-hybridized carbons (Fsp3) is 0.538. The summed E-state index contributed by atoms with van der Waals surface area (Å²) in [6, 6.07) is 5.52. The van der Waals surface area contributed by atoms with Gasteiger partial charge in [-0.15, -0.1) is 0 Å². The number of rotatable bonds is 4. The maximum atomic E-state index is 11.5. The van der Waals surface area contributed by atoms with Crippen molar-refractivity contribution in [2.45, 2.75) is 25.3 Å². The zero-order valence-electron chi connectivity index (χ0n) is 10.5. The van der Waals surface area contributed by atoms with Crippen molar-refractivity contribution in [3.63, 3.8) is 0 Å². The monoisotopic (exact) mass is 321 g/mol. The van der Waals surface area contributed by atoms with E-state index < -0.39 is 9.84 Å². The van der Waals surface area contributed by atoms with Gasteiger partial charge in [0.2, 0.25) is 0 Å². The molecule has 0 saturated carbocycles. The molecule has 1 fully saturated rings. The van der Waals surface area contributed by atoms with Gasteiger partial charge in [-0.2, -0.15) is 0 Å². The molecule has 0 aromatic heterocycles. The van der Waals surface area contributed by atoms with Crippen molar-refractivity contribution in [2.75, 3.05) is 18.1 Å². The number of halogens is 2. The summed E-state index contributed by atoms with van der Waals surface area (Å²) in [5.74, 6) is 0.579. The van der Waals surface area contributed by atoms with E-state index in [1.165, 1.54) is 0 Å². The minimum Gasteiger partial charge on any atom is -0.313 e. The molecule has 0 bridgehead atoms. The number of sulfone groups is 1. The quantitative estimate of drug-likeness (QED) is 0.927. The average molecular weight is 322 g/mol. The molecule has 1 unspecified atom stereocenters. The second kappa shape index (κ2) is 6.44. The first kappa shape index (κ1) is 15.1. The van der Waals surface area contributed by atoms with Crippen molar-refractivity contribution >= 4 is 33.0 Å². The third-order valence-corrected chi connectivity index (χ3v) is 5.71. The van der Waals surface area contributed by atoms with E-state index in [2.05, 4.69) is 5.32 Å². The van der Waals surface area contributed by atoms with Crippen LogP contribution in [0, 0.1) is 0 Å². The Hall–Kier alpha value is -0.290. The van der Waals surface area contributed by atoms with Gasteiger partial charge >= 0.3 is 0 Å². The van der Waals surface area contributed by atoms with E-state index in [4.69, 9.17) is 23.2 Å². The Labute approximate surface area is 124 Å². The Bertz CT molecular complexity index is 546. The second-order valence-corrected chi connectivity index (χ2v) is 7.97. The van der Waals surface area contributed by atoms with Gasteiger partial charge in [0, 0.05) is 16.1 Å². The molecule has 0 aliphatic carbocycles. The Kier molecular flexibility index (Phi) is 5.12. The molecule has 1 heterocycles. The molecular formula is C13H17Cl2NO2S. The summed E-state index contributed by atoms with van der Waals surface area (Å²) < 4.78 is 23.0. The topological polar surface area (TPSA) is 46.2 Å². The first-order chi connectivity index (χ1) is 8.96. The molecule has 106 valence electrons. The van der Waals surface area contributed by atoms with E-state index >= 15 is 0 Å². The molecule has 1 aliphatic heterocycles. The maximum Gasteiger partial charge on any atom is 0.151 e. The van der Waals surface area contributed by atoms with Gasteiger partial charge in [-0.05, 0) is 43.5 Å². The van der Waals surface area contributed by atoms with Crippen LogP contribution >= 0.6 is 23.2 Å². The molecule has 1 aromatic rings. The van der Waals surface area contributed by atoms with Crippen LogP contribution in [0.4, 0.5) is 0 Å². The van der Waals surface area contributed by atoms with Gasteiger partial charge in [-0.3, -0.25) is 0 Å². The molecule has 0 amide bonds. The van der Waals surface area contributed by atoms with Gasteiger partial charge in [-0.25, -0.2) is 8.42 Å². The largest absolute Gasteiger partial charge is 0.313 e. The lowest BCUT2D eigenvalue weighted by Crippen LogP contribution is -2.40. The van der Waals surface area contributed by atoms with Gasteiger partial charge in [0.25, 0.3) is 0 Å². The van der Waals surface area contributed by atoms with Gasteiger partial charge in [0.1, 0.15) is 0 Å². The summed E-state index contributed by atoms with van der Waals surface area (Å²) in [6.07, 6.45) is 2.45. The third kappa shape index (κ3) is 4.63. The fourth-order valence-corrected chi connectivity index (χ4v) is 4.49. The average Bonchev–Trinajstić information content (AvgIpc) is 2.31. The van der Waals surface area contributed by atoms with E-state index in [0.717, 1.165) is 31.4 Å². The van der Waals surface area contributed by atoms with Crippen LogP contribution < -0.4 is 5.32 Å². The summed E-state index contributed by atoms with van der Waals surface area (Å²) in [4.78, 5) is 0. The summed E-state index contributed by atoms with van der Waals surface area (Å²) in [5.41, 5.74) is 1.03. The molecule has 1 atom stereocenters. The van der Waals surface area contributed by atoms with Gasteiger partial charge in [0.05, 0.1) is 11.5 Å². The smallest absolute Gasteiger partial charge is 0.151 e. The lowest BCUT2D eigenvalue weighted by Gasteiger charge is -2.23. The van der Waals surface area contributed by atoms with Crippen molar-refractivity contribution in [1.29, 1.82) is 0 Å². The van der Waals surface area contributed by atoms with Gasteiger partial charge < -0.3 is 5.32 Å². The first-order valence-corrected chi connectivity index (χ1v) is 8.92. The van der Waals surface area contributed by atoms with E-state index in [0.29, 0.717) is 15.8 Å². The molecule has 1 N–H and O–H groups in total. The van der Waals surface area contributed by atoms with Crippen LogP contribution in [0.15, 0.2) is 18.2 Å². The number of nitrogens with one attached hydrogen (secondary N) is 1. The highest BCUT2D eigenvalue weighted by atomic mass is 35.5. The van der Waals surface area contributed by atoms with Crippen molar-refractivity contribution in [2.24, 2.45) is 0 Å². The standard InChI is InChI=1S/C13H17Cl2NO2S/c14-11-4-3-10(13(15)8-11)5-6-16-12-2-1-7-19(17,18)9-12/h3-4,8,12,16H,1-2,5-7,9H2. The van der Waals surface area contributed by atoms with Crippen molar-refractivity contribution in [3.8, 4) is 0 Å². The van der Waals surface area contributed by atoms with Crippen molar-refractivity contribution < 1.29 is 8.42 Å². The van der Waals surface area contributed by atoms with Crippen LogP contribution in [0.3, 0.4) is 0 Å². The van der Waals surface area contributed by atoms with Crippen LogP contribution in [0.1, 0.15) is 18.4 Å². The Morgan fingerprint density at radius 2 is 2.11 bits per heavy atom. The minimum absolute atomic E-state index is 0.0739. The fourth-order valence-electron chi connectivity index (χ4n) is 2.32. The van der Waals surface area contributed by atoms with E-state index in [9.17, 15) is 8.42 Å². The van der Waals surface area contributed by atoms with Crippen LogP contribution in [0.5, 0.6) is 0 Å². The highest BCUT2D eigenvalue weighted by Gasteiger charge is 2.23. The molecule has 6 heteroatoms. The number of hydrogen-bond donors (Lipinski definition) is 1. The molecule has 1 aromatic carbocycles. The molecule has 1 aliphatic rings. The highest BCUT2D eigenvalue weighted by Crippen LogP contribution is 2.21. The van der Waals surface area contributed by atoms with Crippen molar-refractivity contribution in [1.82, 2.24) is 5.32 Å². The van der Waals surface area contributed by atoms with Gasteiger partial charge in [0.15, 0.2) is 9.84 Å². The summed E-state index contributed by atoms with van der Waals surface area (Å²) >= 11 is 11.9. The Morgan fingerprint density at radius 3 is 2.79 bits per heavy atom. The lowest BCUT2D eigenvalue weighted by atomic mass is 10.1. The summed E-state index contributed by atoms with van der Waals surface area (Å²) in [6.45, 7) is 0.724. The molecule has 2 rings (SSSR count). The third-order valence-electron chi connectivity index (χ3n) is 3.31. The summed E-state index contributed by atoms with van der Waals surface area (Å²) in [5, 5.41) is 4.58. The second-order valence-electron chi connectivity index (χ2n) is 4.89. The van der Waals surface area contributed by atoms with E-state index in [1.54, 1.807) is 6.07 Å². The number of hydrogen-bond acceptors (Lipinski definition) is 3. The van der Waals surface area contributed by atoms with Crippen LogP contribution in [0.25, 0.3) is 0 Å². The number of benzene rings is 1. The molecule has 1 saturated heterocycles. The lowest BCUT2D eigenvalue weighted by molar-refractivity contribution is 0.483.